The van der Waals surface area contributed by atoms with E-state index in [0.29, 0.717) is 6.61 Å². The minimum absolute atomic E-state index is 0.689. The van der Waals surface area contributed by atoms with Gasteiger partial charge in [-0.25, -0.2) is 0 Å². The fraction of sp³-hybridized carbons (Fsp3) is 0.222. The van der Waals surface area contributed by atoms with Gasteiger partial charge in [0.05, 0.1) is 6.54 Å². The standard InChI is InChI=1S/C18H19NO/c1-14-7-8-15(2)19(14)11-12-20-18-10-9-16-5-3-4-6-17(16)13-18/h3-10,13H,11-12H2,1-2H3. The van der Waals surface area contributed by atoms with Gasteiger partial charge in [-0.15, -0.1) is 0 Å². The molecule has 20 heavy (non-hydrogen) atoms. The molecular formula is C18H19NO. The number of aryl methyl sites for hydroxylation is 2. The van der Waals surface area contributed by atoms with Gasteiger partial charge in [-0.3, -0.25) is 0 Å². The Morgan fingerprint density at radius 1 is 0.850 bits per heavy atom. The summed E-state index contributed by atoms with van der Waals surface area (Å²) in [4.78, 5) is 0. The van der Waals surface area contributed by atoms with Gasteiger partial charge >= 0.3 is 0 Å². The Morgan fingerprint density at radius 2 is 1.55 bits per heavy atom. The Balaban J connectivity index is 1.68. The van der Waals surface area contributed by atoms with E-state index in [4.69, 9.17) is 4.74 Å². The third kappa shape index (κ3) is 2.55. The molecule has 102 valence electrons. The van der Waals surface area contributed by atoms with Crippen LogP contribution in [0.2, 0.25) is 0 Å². The molecule has 0 aliphatic heterocycles. The summed E-state index contributed by atoms with van der Waals surface area (Å²) < 4.78 is 8.16. The van der Waals surface area contributed by atoms with Crippen LogP contribution in [0, 0.1) is 13.8 Å². The first kappa shape index (κ1) is 12.8. The number of ether oxygens (including phenoxy) is 1. The zero-order chi connectivity index (χ0) is 13.9. The van der Waals surface area contributed by atoms with Gasteiger partial charge in [0.1, 0.15) is 12.4 Å². The van der Waals surface area contributed by atoms with Gasteiger partial charge in [-0.05, 0) is 48.9 Å². The molecule has 0 amide bonds. The third-order valence-electron chi connectivity index (χ3n) is 3.72. The molecular weight excluding hydrogens is 246 g/mol. The van der Waals surface area contributed by atoms with Gasteiger partial charge in [0.15, 0.2) is 0 Å². The van der Waals surface area contributed by atoms with Crippen molar-refractivity contribution in [3.05, 3.63) is 66.0 Å². The number of hydrogen-bond donors (Lipinski definition) is 0. The molecule has 0 atom stereocenters. The minimum atomic E-state index is 0.689. The molecule has 0 N–H and O–H groups in total. The van der Waals surface area contributed by atoms with Crippen molar-refractivity contribution in [3.8, 4) is 5.75 Å². The lowest BCUT2D eigenvalue weighted by atomic mass is 10.1. The van der Waals surface area contributed by atoms with Crippen LogP contribution >= 0.6 is 0 Å². The second-order valence-electron chi connectivity index (χ2n) is 5.13. The van der Waals surface area contributed by atoms with Crippen LogP contribution in [0.1, 0.15) is 11.4 Å². The Morgan fingerprint density at radius 3 is 2.30 bits per heavy atom. The van der Waals surface area contributed by atoms with E-state index in [1.807, 2.05) is 6.07 Å². The van der Waals surface area contributed by atoms with Gasteiger partial charge in [-0.2, -0.15) is 0 Å². The van der Waals surface area contributed by atoms with Crippen molar-refractivity contribution in [2.24, 2.45) is 0 Å². The van der Waals surface area contributed by atoms with Crippen LogP contribution in [0.3, 0.4) is 0 Å². The fourth-order valence-corrected chi connectivity index (χ4v) is 2.56. The Bertz CT molecular complexity index is 708. The first-order valence-corrected chi connectivity index (χ1v) is 6.98. The van der Waals surface area contributed by atoms with Gasteiger partial charge in [0.2, 0.25) is 0 Å². The van der Waals surface area contributed by atoms with Gasteiger partial charge in [0, 0.05) is 11.4 Å². The summed E-state index contributed by atoms with van der Waals surface area (Å²) in [5.74, 6) is 0.936. The summed E-state index contributed by atoms with van der Waals surface area (Å²) in [6.07, 6.45) is 0. The molecule has 0 unspecified atom stereocenters. The largest absolute Gasteiger partial charge is 0.492 e. The molecule has 1 aromatic heterocycles. The van der Waals surface area contributed by atoms with Crippen molar-refractivity contribution < 1.29 is 4.74 Å². The van der Waals surface area contributed by atoms with Crippen LogP contribution in [-0.2, 0) is 6.54 Å². The summed E-state index contributed by atoms with van der Waals surface area (Å²) in [5, 5.41) is 2.47. The van der Waals surface area contributed by atoms with Gasteiger partial charge < -0.3 is 9.30 Å². The van der Waals surface area contributed by atoms with E-state index in [0.717, 1.165) is 12.3 Å². The van der Waals surface area contributed by atoms with E-state index in [1.165, 1.54) is 22.2 Å². The van der Waals surface area contributed by atoms with E-state index in [9.17, 15) is 0 Å². The molecule has 0 aliphatic carbocycles. The van der Waals surface area contributed by atoms with E-state index in [2.05, 4.69) is 66.9 Å². The highest BCUT2D eigenvalue weighted by Crippen LogP contribution is 2.20. The normalized spacial score (nSPS) is 10.9. The first-order chi connectivity index (χ1) is 9.74. The molecule has 3 rings (SSSR count). The molecule has 0 radical (unpaired) electrons. The summed E-state index contributed by atoms with van der Waals surface area (Å²) in [7, 11) is 0. The molecule has 0 bridgehead atoms. The smallest absolute Gasteiger partial charge is 0.120 e. The van der Waals surface area contributed by atoms with Crippen molar-refractivity contribution in [1.82, 2.24) is 4.57 Å². The number of nitrogens with zero attached hydrogens (tertiary/aromatic N) is 1. The van der Waals surface area contributed by atoms with Crippen LogP contribution < -0.4 is 4.74 Å². The summed E-state index contributed by atoms with van der Waals surface area (Å²) in [6.45, 7) is 5.83. The molecule has 2 nitrogen and oxygen atoms in total. The monoisotopic (exact) mass is 265 g/mol. The minimum Gasteiger partial charge on any atom is -0.492 e. The second-order valence-corrected chi connectivity index (χ2v) is 5.13. The van der Waals surface area contributed by atoms with Crippen molar-refractivity contribution in [2.75, 3.05) is 6.61 Å². The summed E-state index contributed by atoms with van der Waals surface area (Å²) >= 11 is 0. The molecule has 1 heterocycles. The molecule has 0 saturated heterocycles. The fourth-order valence-electron chi connectivity index (χ4n) is 2.56. The van der Waals surface area contributed by atoms with Gasteiger partial charge in [-0.1, -0.05) is 30.3 Å². The second kappa shape index (κ2) is 5.41. The molecule has 0 saturated carbocycles. The molecule has 2 heteroatoms. The molecule has 2 aromatic carbocycles. The lowest BCUT2D eigenvalue weighted by molar-refractivity contribution is 0.296. The number of hydrogen-bond acceptors (Lipinski definition) is 1. The maximum absolute atomic E-state index is 5.88. The van der Waals surface area contributed by atoms with Crippen molar-refractivity contribution in [2.45, 2.75) is 20.4 Å². The average Bonchev–Trinajstić information content (AvgIpc) is 2.79. The zero-order valence-corrected chi connectivity index (χ0v) is 12.0. The lowest BCUT2D eigenvalue weighted by Gasteiger charge is -2.11. The van der Waals surface area contributed by atoms with Crippen LogP contribution in [0.5, 0.6) is 5.75 Å². The average molecular weight is 265 g/mol. The van der Waals surface area contributed by atoms with E-state index in [1.54, 1.807) is 0 Å². The topological polar surface area (TPSA) is 14.2 Å². The lowest BCUT2D eigenvalue weighted by Crippen LogP contribution is -2.10. The first-order valence-electron chi connectivity index (χ1n) is 6.98. The quantitative estimate of drug-likeness (QED) is 0.684. The van der Waals surface area contributed by atoms with Crippen LogP contribution in [0.25, 0.3) is 10.8 Å². The zero-order valence-electron chi connectivity index (χ0n) is 12.0. The molecule has 3 aromatic rings. The van der Waals surface area contributed by atoms with Gasteiger partial charge in [0.25, 0.3) is 0 Å². The van der Waals surface area contributed by atoms with Crippen LogP contribution in [0.4, 0.5) is 0 Å². The summed E-state index contributed by atoms with van der Waals surface area (Å²) in [6, 6.07) is 18.9. The van der Waals surface area contributed by atoms with Crippen LogP contribution in [-0.4, -0.2) is 11.2 Å². The number of aromatic nitrogens is 1. The van der Waals surface area contributed by atoms with E-state index < -0.39 is 0 Å². The maximum Gasteiger partial charge on any atom is 0.120 e. The number of fused-ring (bicyclic) bond motifs is 1. The number of rotatable bonds is 4. The predicted octanol–water partition coefficient (Wildman–Crippen LogP) is 4.34. The van der Waals surface area contributed by atoms with Crippen LogP contribution in [0.15, 0.2) is 54.6 Å². The highest BCUT2D eigenvalue weighted by Gasteiger charge is 2.01. The number of benzene rings is 2. The molecule has 0 fully saturated rings. The maximum atomic E-state index is 5.88. The van der Waals surface area contributed by atoms with Crippen molar-refractivity contribution in [3.63, 3.8) is 0 Å². The SMILES string of the molecule is Cc1ccc(C)n1CCOc1ccc2ccccc2c1. The summed E-state index contributed by atoms with van der Waals surface area (Å²) in [5.41, 5.74) is 2.56. The Hall–Kier alpha value is -2.22. The van der Waals surface area contributed by atoms with Crippen molar-refractivity contribution in [1.29, 1.82) is 0 Å². The van der Waals surface area contributed by atoms with E-state index >= 15 is 0 Å². The third-order valence-corrected chi connectivity index (χ3v) is 3.72. The Labute approximate surface area is 119 Å². The highest BCUT2D eigenvalue weighted by atomic mass is 16.5. The predicted molar refractivity (Wildman–Crippen MR) is 83.3 cm³/mol. The molecule has 0 spiro atoms. The van der Waals surface area contributed by atoms with Crippen molar-refractivity contribution >= 4 is 10.8 Å². The van der Waals surface area contributed by atoms with E-state index in [-0.39, 0.29) is 0 Å². The molecule has 0 aliphatic rings. The highest BCUT2D eigenvalue weighted by molar-refractivity contribution is 5.83. The Kier molecular flexibility index (Phi) is 3.46.